The van der Waals surface area contributed by atoms with Crippen molar-refractivity contribution in [1.82, 2.24) is 10.2 Å². The van der Waals surface area contributed by atoms with Gasteiger partial charge in [0.1, 0.15) is 0 Å². The van der Waals surface area contributed by atoms with Gasteiger partial charge in [0.25, 0.3) is 0 Å². The maximum atomic E-state index is 3.61. The molecule has 1 heterocycles. The molecule has 0 aromatic heterocycles. The number of nitrogens with zero attached hydrogens (tertiary/aromatic N) is 1. The Morgan fingerprint density at radius 2 is 2.12 bits per heavy atom. The molecule has 1 saturated heterocycles. The third-order valence-electron chi connectivity index (χ3n) is 3.50. The molecule has 0 aromatic rings. The Labute approximate surface area is 106 Å². The number of hydrogen-bond donors (Lipinski definition) is 1. The van der Waals surface area contributed by atoms with E-state index in [1.165, 1.54) is 63.9 Å². The van der Waals surface area contributed by atoms with Crippen molar-refractivity contribution in [1.29, 1.82) is 0 Å². The van der Waals surface area contributed by atoms with Gasteiger partial charge < -0.3 is 10.2 Å². The summed E-state index contributed by atoms with van der Waals surface area (Å²) in [4.78, 5) is 2.52. The molecule has 0 saturated carbocycles. The highest BCUT2D eigenvalue weighted by molar-refractivity contribution is 7.98. The van der Waals surface area contributed by atoms with Crippen molar-refractivity contribution in [3.05, 3.63) is 0 Å². The molecule has 16 heavy (non-hydrogen) atoms. The standard InChI is InChI=1S/C13H28N2S/c1-15-10-6-4-8-13(15)12-14-9-5-3-7-11-16-2/h13-14H,3-12H2,1-2H3. The van der Waals surface area contributed by atoms with Crippen LogP contribution >= 0.6 is 11.8 Å². The molecule has 0 bridgehead atoms. The first-order valence-corrected chi connectivity index (χ1v) is 8.14. The van der Waals surface area contributed by atoms with Gasteiger partial charge in [0.2, 0.25) is 0 Å². The van der Waals surface area contributed by atoms with Crippen LogP contribution in [0.15, 0.2) is 0 Å². The Bertz CT molecular complexity index is 164. The van der Waals surface area contributed by atoms with Gasteiger partial charge in [-0.3, -0.25) is 0 Å². The van der Waals surface area contributed by atoms with Gasteiger partial charge in [0.15, 0.2) is 0 Å². The number of unbranched alkanes of at least 4 members (excludes halogenated alkanes) is 2. The Morgan fingerprint density at radius 1 is 1.25 bits per heavy atom. The van der Waals surface area contributed by atoms with Crippen molar-refractivity contribution in [3.63, 3.8) is 0 Å². The topological polar surface area (TPSA) is 15.3 Å². The smallest absolute Gasteiger partial charge is 0.0217 e. The van der Waals surface area contributed by atoms with Crippen LogP contribution in [-0.2, 0) is 0 Å². The maximum absolute atomic E-state index is 3.61. The van der Waals surface area contributed by atoms with E-state index in [0.29, 0.717) is 0 Å². The fraction of sp³-hybridized carbons (Fsp3) is 1.00. The third kappa shape index (κ3) is 6.12. The molecular formula is C13H28N2S. The first-order valence-electron chi connectivity index (χ1n) is 6.74. The van der Waals surface area contributed by atoms with E-state index < -0.39 is 0 Å². The van der Waals surface area contributed by atoms with E-state index in [4.69, 9.17) is 0 Å². The number of nitrogens with one attached hydrogen (secondary N) is 1. The van der Waals surface area contributed by atoms with Gasteiger partial charge >= 0.3 is 0 Å². The number of rotatable bonds is 8. The summed E-state index contributed by atoms with van der Waals surface area (Å²) in [5, 5.41) is 3.61. The SMILES string of the molecule is CSCCCCCNCC1CCCCN1C. The minimum Gasteiger partial charge on any atom is -0.315 e. The molecule has 1 atom stereocenters. The molecule has 0 aliphatic carbocycles. The van der Waals surface area contributed by atoms with Crippen molar-refractivity contribution in [2.75, 3.05) is 38.7 Å². The van der Waals surface area contributed by atoms with E-state index in [2.05, 4.69) is 23.5 Å². The minimum absolute atomic E-state index is 0.792. The molecule has 1 N–H and O–H groups in total. The van der Waals surface area contributed by atoms with E-state index in [1.807, 2.05) is 11.8 Å². The van der Waals surface area contributed by atoms with Gasteiger partial charge in [-0.05, 0) is 57.8 Å². The molecule has 1 rings (SSSR count). The van der Waals surface area contributed by atoms with E-state index in [0.717, 1.165) is 6.04 Å². The van der Waals surface area contributed by atoms with Crippen LogP contribution in [0.2, 0.25) is 0 Å². The zero-order valence-electron chi connectivity index (χ0n) is 11.0. The molecular weight excluding hydrogens is 216 g/mol. The first kappa shape index (κ1) is 14.3. The average Bonchev–Trinajstić information content (AvgIpc) is 2.30. The van der Waals surface area contributed by atoms with Crippen LogP contribution in [0.4, 0.5) is 0 Å². The lowest BCUT2D eigenvalue weighted by molar-refractivity contribution is 0.181. The van der Waals surface area contributed by atoms with Crippen molar-refractivity contribution in [2.24, 2.45) is 0 Å². The highest BCUT2D eigenvalue weighted by Crippen LogP contribution is 2.13. The molecule has 1 aliphatic heterocycles. The molecule has 0 radical (unpaired) electrons. The Balaban J connectivity index is 1.90. The monoisotopic (exact) mass is 244 g/mol. The highest BCUT2D eigenvalue weighted by Gasteiger charge is 2.17. The zero-order valence-corrected chi connectivity index (χ0v) is 11.8. The molecule has 1 fully saturated rings. The van der Waals surface area contributed by atoms with Crippen LogP contribution in [0.5, 0.6) is 0 Å². The summed E-state index contributed by atoms with van der Waals surface area (Å²) in [6, 6.07) is 0.792. The van der Waals surface area contributed by atoms with Gasteiger partial charge in [-0.2, -0.15) is 11.8 Å². The summed E-state index contributed by atoms with van der Waals surface area (Å²) in [6.45, 7) is 3.69. The first-order chi connectivity index (χ1) is 7.84. The summed E-state index contributed by atoms with van der Waals surface area (Å²) in [6.07, 6.45) is 10.5. The predicted octanol–water partition coefficient (Wildman–Crippen LogP) is 2.59. The molecule has 96 valence electrons. The lowest BCUT2D eigenvalue weighted by Crippen LogP contribution is -2.43. The fourth-order valence-electron chi connectivity index (χ4n) is 2.34. The molecule has 0 aromatic carbocycles. The van der Waals surface area contributed by atoms with Crippen LogP contribution in [0.25, 0.3) is 0 Å². The van der Waals surface area contributed by atoms with E-state index in [9.17, 15) is 0 Å². The largest absolute Gasteiger partial charge is 0.315 e. The fourth-order valence-corrected chi connectivity index (χ4v) is 2.84. The maximum Gasteiger partial charge on any atom is 0.0217 e. The summed E-state index contributed by atoms with van der Waals surface area (Å²) in [5.74, 6) is 1.32. The van der Waals surface area contributed by atoms with E-state index in [1.54, 1.807) is 0 Å². The summed E-state index contributed by atoms with van der Waals surface area (Å²) in [7, 11) is 2.27. The summed E-state index contributed by atoms with van der Waals surface area (Å²) in [5.41, 5.74) is 0. The van der Waals surface area contributed by atoms with Crippen LogP contribution in [0.1, 0.15) is 38.5 Å². The molecule has 0 amide bonds. The van der Waals surface area contributed by atoms with Crippen molar-refractivity contribution >= 4 is 11.8 Å². The third-order valence-corrected chi connectivity index (χ3v) is 4.20. The van der Waals surface area contributed by atoms with Gasteiger partial charge in [0.05, 0.1) is 0 Å². The zero-order chi connectivity index (χ0) is 11.6. The lowest BCUT2D eigenvalue weighted by Gasteiger charge is -2.32. The molecule has 2 nitrogen and oxygen atoms in total. The number of likely N-dealkylation sites (N-methyl/N-ethyl adjacent to an activating group) is 1. The van der Waals surface area contributed by atoms with Crippen LogP contribution in [0.3, 0.4) is 0 Å². The van der Waals surface area contributed by atoms with Gasteiger partial charge in [-0.15, -0.1) is 0 Å². The van der Waals surface area contributed by atoms with Crippen LogP contribution in [-0.4, -0.2) is 49.6 Å². The minimum atomic E-state index is 0.792. The summed E-state index contributed by atoms with van der Waals surface area (Å²) >= 11 is 1.96. The summed E-state index contributed by atoms with van der Waals surface area (Å²) < 4.78 is 0. The molecule has 3 heteroatoms. The quantitative estimate of drug-likeness (QED) is 0.661. The van der Waals surface area contributed by atoms with Crippen LogP contribution in [0, 0.1) is 0 Å². The Hall–Kier alpha value is 0.270. The van der Waals surface area contributed by atoms with Crippen LogP contribution < -0.4 is 5.32 Å². The normalized spacial score (nSPS) is 22.5. The van der Waals surface area contributed by atoms with Crippen molar-refractivity contribution < 1.29 is 0 Å². The van der Waals surface area contributed by atoms with Gasteiger partial charge in [-0.25, -0.2) is 0 Å². The Morgan fingerprint density at radius 3 is 2.88 bits per heavy atom. The molecule has 0 spiro atoms. The number of hydrogen-bond acceptors (Lipinski definition) is 3. The number of likely N-dealkylation sites (tertiary alicyclic amines) is 1. The second-order valence-corrected chi connectivity index (χ2v) is 5.87. The second kappa shape index (κ2) is 9.32. The second-order valence-electron chi connectivity index (χ2n) is 4.89. The highest BCUT2D eigenvalue weighted by atomic mass is 32.2. The van der Waals surface area contributed by atoms with Gasteiger partial charge in [0, 0.05) is 12.6 Å². The lowest BCUT2D eigenvalue weighted by atomic mass is 10.0. The number of piperidine rings is 1. The van der Waals surface area contributed by atoms with Crippen molar-refractivity contribution in [2.45, 2.75) is 44.6 Å². The van der Waals surface area contributed by atoms with E-state index in [-0.39, 0.29) is 0 Å². The Kier molecular flexibility index (Phi) is 8.34. The number of thioether (sulfide) groups is 1. The van der Waals surface area contributed by atoms with Gasteiger partial charge in [-0.1, -0.05) is 12.8 Å². The predicted molar refractivity (Wildman–Crippen MR) is 75.4 cm³/mol. The molecule has 1 unspecified atom stereocenters. The van der Waals surface area contributed by atoms with Crippen molar-refractivity contribution in [3.8, 4) is 0 Å². The average molecular weight is 244 g/mol. The molecule has 1 aliphatic rings. The van der Waals surface area contributed by atoms with E-state index >= 15 is 0 Å².